The van der Waals surface area contributed by atoms with E-state index >= 15 is 0 Å². The Labute approximate surface area is 172 Å². The summed E-state index contributed by atoms with van der Waals surface area (Å²) in [6.45, 7) is 5.39. The zero-order chi connectivity index (χ0) is 19.5. The van der Waals surface area contributed by atoms with Crippen molar-refractivity contribution in [1.29, 1.82) is 0 Å². The van der Waals surface area contributed by atoms with E-state index in [-0.39, 0.29) is 5.56 Å². The summed E-state index contributed by atoms with van der Waals surface area (Å²) in [4.78, 5) is 22.1. The molecule has 0 atom stereocenters. The Balaban J connectivity index is 1.40. The molecule has 3 aromatic rings. The molecule has 7 heteroatoms. The SMILES string of the molecule is COc1cccc2ncn(CCN3CCN(c4ccc(Br)cc4)CC3)c(=O)c12. The van der Waals surface area contributed by atoms with E-state index in [1.54, 1.807) is 24.1 Å². The first kappa shape index (κ1) is 19.0. The molecule has 0 N–H and O–H groups in total. The number of nitrogens with zero attached hydrogens (tertiary/aromatic N) is 4. The molecule has 1 saturated heterocycles. The summed E-state index contributed by atoms with van der Waals surface area (Å²) in [5.74, 6) is 0.576. The fourth-order valence-corrected chi connectivity index (χ4v) is 3.89. The van der Waals surface area contributed by atoms with E-state index in [4.69, 9.17) is 4.74 Å². The van der Waals surface area contributed by atoms with Crippen molar-refractivity contribution >= 4 is 32.5 Å². The third kappa shape index (κ3) is 3.91. The standard InChI is InChI=1S/C21H23BrN4O2/c1-28-19-4-2-3-18-20(19)21(27)26(15-23-18)14-11-24-9-12-25(13-10-24)17-7-5-16(22)6-8-17/h2-8,15H,9-14H2,1H3. The molecule has 1 aromatic heterocycles. The Morgan fingerprint density at radius 1 is 1.04 bits per heavy atom. The normalized spacial score (nSPS) is 15.1. The summed E-state index contributed by atoms with van der Waals surface area (Å²) in [5.41, 5.74) is 1.88. The molecule has 0 bridgehead atoms. The van der Waals surface area contributed by atoms with E-state index in [1.807, 2.05) is 12.1 Å². The molecule has 0 spiro atoms. The number of fused-ring (bicyclic) bond motifs is 1. The summed E-state index contributed by atoms with van der Waals surface area (Å²) in [6.07, 6.45) is 1.64. The second-order valence-electron chi connectivity index (χ2n) is 6.90. The largest absolute Gasteiger partial charge is 0.496 e. The number of anilines is 1. The second-order valence-corrected chi connectivity index (χ2v) is 7.82. The zero-order valence-electron chi connectivity index (χ0n) is 15.8. The van der Waals surface area contributed by atoms with Crippen molar-refractivity contribution in [1.82, 2.24) is 14.5 Å². The van der Waals surface area contributed by atoms with Gasteiger partial charge < -0.3 is 9.64 Å². The molecule has 6 nitrogen and oxygen atoms in total. The molecule has 4 rings (SSSR count). The first-order valence-corrected chi connectivity index (χ1v) is 10.2. The van der Waals surface area contributed by atoms with Crippen molar-refractivity contribution < 1.29 is 4.74 Å². The molecule has 0 saturated carbocycles. The van der Waals surface area contributed by atoms with Gasteiger partial charge in [-0.25, -0.2) is 4.98 Å². The number of benzene rings is 2. The predicted octanol–water partition coefficient (Wildman–Crippen LogP) is 2.99. The highest BCUT2D eigenvalue weighted by molar-refractivity contribution is 9.10. The smallest absolute Gasteiger partial charge is 0.265 e. The summed E-state index contributed by atoms with van der Waals surface area (Å²) < 4.78 is 8.13. The number of ether oxygens (including phenoxy) is 1. The number of halogens is 1. The quantitative estimate of drug-likeness (QED) is 0.607. The van der Waals surface area contributed by atoms with Gasteiger partial charge in [-0.3, -0.25) is 14.3 Å². The van der Waals surface area contributed by atoms with Gasteiger partial charge in [0, 0.05) is 49.4 Å². The summed E-state index contributed by atoms with van der Waals surface area (Å²) in [7, 11) is 1.58. The van der Waals surface area contributed by atoms with Gasteiger partial charge >= 0.3 is 0 Å². The highest BCUT2D eigenvalue weighted by Gasteiger charge is 2.17. The van der Waals surface area contributed by atoms with Crippen molar-refractivity contribution in [2.75, 3.05) is 44.7 Å². The van der Waals surface area contributed by atoms with Crippen molar-refractivity contribution in [3.8, 4) is 5.75 Å². The number of methoxy groups -OCH3 is 1. The fourth-order valence-electron chi connectivity index (χ4n) is 3.63. The van der Waals surface area contributed by atoms with Gasteiger partial charge in [-0.2, -0.15) is 0 Å². The minimum Gasteiger partial charge on any atom is -0.496 e. The van der Waals surface area contributed by atoms with E-state index in [0.29, 0.717) is 23.2 Å². The molecule has 2 aromatic carbocycles. The Kier molecular flexibility index (Phi) is 5.64. The maximum Gasteiger partial charge on any atom is 0.265 e. The van der Waals surface area contributed by atoms with Crippen LogP contribution >= 0.6 is 15.9 Å². The van der Waals surface area contributed by atoms with E-state index in [9.17, 15) is 4.79 Å². The van der Waals surface area contributed by atoms with Crippen LogP contribution in [0, 0.1) is 0 Å². The number of aromatic nitrogens is 2. The monoisotopic (exact) mass is 442 g/mol. The molecular formula is C21H23BrN4O2. The minimum absolute atomic E-state index is 0.0454. The maximum atomic E-state index is 12.9. The molecule has 1 aliphatic rings. The lowest BCUT2D eigenvalue weighted by Crippen LogP contribution is -2.47. The fraction of sp³-hybridized carbons (Fsp3) is 0.333. The topological polar surface area (TPSA) is 50.6 Å². The van der Waals surface area contributed by atoms with Crippen LogP contribution in [-0.2, 0) is 6.54 Å². The van der Waals surface area contributed by atoms with Crippen LogP contribution in [0.1, 0.15) is 0 Å². The first-order chi connectivity index (χ1) is 13.7. The molecule has 1 fully saturated rings. The second kappa shape index (κ2) is 8.32. The Hall–Kier alpha value is -2.38. The third-order valence-corrected chi connectivity index (χ3v) is 5.78. The molecule has 0 radical (unpaired) electrons. The first-order valence-electron chi connectivity index (χ1n) is 9.41. The molecule has 0 amide bonds. The van der Waals surface area contributed by atoms with E-state index in [2.05, 4.69) is 55.0 Å². The van der Waals surface area contributed by atoms with Crippen LogP contribution in [0.4, 0.5) is 5.69 Å². The molecule has 0 unspecified atom stereocenters. The average molecular weight is 443 g/mol. The maximum absolute atomic E-state index is 12.9. The van der Waals surface area contributed by atoms with Crippen molar-refractivity contribution in [3.05, 3.63) is 63.6 Å². The Morgan fingerprint density at radius 2 is 1.79 bits per heavy atom. The highest BCUT2D eigenvalue weighted by atomic mass is 79.9. The number of rotatable bonds is 5. The number of piperazine rings is 1. The lowest BCUT2D eigenvalue weighted by molar-refractivity contribution is 0.247. The number of hydrogen-bond donors (Lipinski definition) is 0. The van der Waals surface area contributed by atoms with Gasteiger partial charge in [0.25, 0.3) is 5.56 Å². The number of hydrogen-bond acceptors (Lipinski definition) is 5. The van der Waals surface area contributed by atoms with Crippen LogP contribution in [0.25, 0.3) is 10.9 Å². The van der Waals surface area contributed by atoms with Crippen LogP contribution < -0.4 is 15.2 Å². The Bertz CT molecular complexity index is 1010. The van der Waals surface area contributed by atoms with Crippen LogP contribution in [-0.4, -0.2) is 54.3 Å². The lowest BCUT2D eigenvalue weighted by Gasteiger charge is -2.36. The van der Waals surface area contributed by atoms with E-state index < -0.39 is 0 Å². The van der Waals surface area contributed by atoms with Crippen LogP contribution in [0.5, 0.6) is 5.75 Å². The zero-order valence-corrected chi connectivity index (χ0v) is 17.4. The third-order valence-electron chi connectivity index (χ3n) is 5.26. The van der Waals surface area contributed by atoms with Crippen LogP contribution in [0.15, 0.2) is 58.1 Å². The van der Waals surface area contributed by atoms with Crippen LogP contribution in [0.3, 0.4) is 0 Å². The van der Waals surface area contributed by atoms with E-state index in [1.165, 1.54) is 5.69 Å². The van der Waals surface area contributed by atoms with Gasteiger partial charge in [-0.1, -0.05) is 22.0 Å². The molecule has 28 heavy (non-hydrogen) atoms. The molecule has 0 aliphatic carbocycles. The summed E-state index contributed by atoms with van der Waals surface area (Å²) >= 11 is 3.48. The summed E-state index contributed by atoms with van der Waals surface area (Å²) in [5, 5.41) is 0.549. The van der Waals surface area contributed by atoms with Crippen molar-refractivity contribution in [2.45, 2.75) is 6.54 Å². The lowest BCUT2D eigenvalue weighted by atomic mass is 10.2. The molecular weight excluding hydrogens is 420 g/mol. The average Bonchev–Trinajstić information content (AvgIpc) is 2.74. The molecule has 146 valence electrons. The summed E-state index contributed by atoms with van der Waals surface area (Å²) in [6, 6.07) is 13.9. The van der Waals surface area contributed by atoms with Gasteiger partial charge in [0.2, 0.25) is 0 Å². The van der Waals surface area contributed by atoms with Crippen LogP contribution in [0.2, 0.25) is 0 Å². The van der Waals surface area contributed by atoms with E-state index in [0.717, 1.165) is 37.2 Å². The molecule has 1 aliphatic heterocycles. The van der Waals surface area contributed by atoms with Gasteiger partial charge in [-0.05, 0) is 36.4 Å². The molecule has 2 heterocycles. The van der Waals surface area contributed by atoms with Gasteiger partial charge in [0.15, 0.2) is 0 Å². The predicted molar refractivity (Wildman–Crippen MR) is 115 cm³/mol. The van der Waals surface area contributed by atoms with Crippen molar-refractivity contribution in [3.63, 3.8) is 0 Å². The Morgan fingerprint density at radius 3 is 2.50 bits per heavy atom. The minimum atomic E-state index is -0.0454. The van der Waals surface area contributed by atoms with Gasteiger partial charge in [0.1, 0.15) is 11.1 Å². The van der Waals surface area contributed by atoms with Crippen molar-refractivity contribution in [2.24, 2.45) is 0 Å². The van der Waals surface area contributed by atoms with Gasteiger partial charge in [0.05, 0.1) is 19.0 Å². The highest BCUT2D eigenvalue weighted by Crippen LogP contribution is 2.21. The van der Waals surface area contributed by atoms with Gasteiger partial charge in [-0.15, -0.1) is 0 Å².